The van der Waals surface area contributed by atoms with E-state index >= 15 is 0 Å². The van der Waals surface area contributed by atoms with Gasteiger partial charge in [-0.05, 0) is 72.4 Å². The Hall–Kier alpha value is -4.10. The van der Waals surface area contributed by atoms with Crippen molar-refractivity contribution >= 4 is 15.7 Å². The van der Waals surface area contributed by atoms with Gasteiger partial charge in [0.15, 0.2) is 9.84 Å². The van der Waals surface area contributed by atoms with Crippen molar-refractivity contribution in [1.82, 2.24) is 5.32 Å². The molecule has 4 rings (SSSR count). The number of ether oxygens (including phenoxy) is 2. The normalized spacial score (nSPS) is 11.2. The molecule has 0 aliphatic rings. The molecule has 0 radical (unpaired) electrons. The van der Waals surface area contributed by atoms with E-state index < -0.39 is 9.84 Å². The lowest BCUT2D eigenvalue weighted by atomic mass is 10.0. The number of amides is 1. The number of hydrogen-bond acceptors (Lipinski definition) is 5. The minimum Gasteiger partial charge on any atom is -0.497 e. The minimum absolute atomic E-state index is 0.138. The van der Waals surface area contributed by atoms with E-state index in [9.17, 15) is 13.2 Å². The Morgan fingerprint density at radius 2 is 1.54 bits per heavy atom. The Labute approximate surface area is 230 Å². The summed E-state index contributed by atoms with van der Waals surface area (Å²) in [7, 11) is -0.633. The molecule has 202 valence electrons. The van der Waals surface area contributed by atoms with E-state index in [0.29, 0.717) is 35.6 Å². The van der Waals surface area contributed by atoms with E-state index in [0.717, 1.165) is 28.7 Å². The van der Waals surface area contributed by atoms with Crippen LogP contribution in [0.3, 0.4) is 0 Å². The van der Waals surface area contributed by atoms with E-state index in [4.69, 9.17) is 9.47 Å². The molecule has 0 saturated heterocycles. The molecule has 1 amide bonds. The highest BCUT2D eigenvalue weighted by molar-refractivity contribution is 7.90. The SMILES string of the molecule is COc1cccc(C(=O)NCCCc2cccc(CS(=O)(=O)c3cc(-c4cccc(C)c4)ccc3OC)c2)c1. The van der Waals surface area contributed by atoms with E-state index in [2.05, 4.69) is 5.32 Å². The lowest BCUT2D eigenvalue weighted by Gasteiger charge is -2.13. The van der Waals surface area contributed by atoms with Crippen molar-refractivity contribution in [2.75, 3.05) is 20.8 Å². The predicted molar refractivity (Wildman–Crippen MR) is 154 cm³/mol. The maximum Gasteiger partial charge on any atom is 0.251 e. The van der Waals surface area contributed by atoms with Crippen LogP contribution in [-0.4, -0.2) is 35.1 Å². The van der Waals surface area contributed by atoms with E-state index in [1.807, 2.05) is 61.5 Å². The summed E-state index contributed by atoms with van der Waals surface area (Å²) >= 11 is 0. The van der Waals surface area contributed by atoms with Gasteiger partial charge in [-0.2, -0.15) is 0 Å². The van der Waals surface area contributed by atoms with Crippen LogP contribution in [0.2, 0.25) is 0 Å². The fourth-order valence-electron chi connectivity index (χ4n) is 4.46. The number of nitrogens with one attached hydrogen (secondary N) is 1. The molecule has 0 heterocycles. The molecule has 0 bridgehead atoms. The fraction of sp³-hybridized carbons (Fsp3) is 0.219. The van der Waals surface area contributed by atoms with Gasteiger partial charge in [-0.25, -0.2) is 8.42 Å². The second kappa shape index (κ2) is 12.6. The van der Waals surface area contributed by atoms with E-state index in [-0.39, 0.29) is 16.6 Å². The highest BCUT2D eigenvalue weighted by Crippen LogP contribution is 2.32. The maximum atomic E-state index is 13.5. The number of aryl methyl sites for hydroxylation is 2. The van der Waals surface area contributed by atoms with Crippen molar-refractivity contribution in [2.45, 2.75) is 30.4 Å². The van der Waals surface area contributed by atoms with Crippen molar-refractivity contribution in [2.24, 2.45) is 0 Å². The third-order valence-electron chi connectivity index (χ3n) is 6.46. The minimum atomic E-state index is -3.68. The average Bonchev–Trinajstić information content (AvgIpc) is 2.95. The van der Waals surface area contributed by atoms with Crippen molar-refractivity contribution in [3.63, 3.8) is 0 Å². The maximum absolute atomic E-state index is 13.5. The highest BCUT2D eigenvalue weighted by Gasteiger charge is 2.21. The summed E-state index contributed by atoms with van der Waals surface area (Å²) < 4.78 is 37.6. The molecule has 4 aromatic rings. The molecular formula is C32H33NO5S. The molecule has 0 aliphatic heterocycles. The Bertz CT molecular complexity index is 1560. The first kappa shape index (κ1) is 27.9. The van der Waals surface area contributed by atoms with Gasteiger partial charge in [0.25, 0.3) is 5.91 Å². The van der Waals surface area contributed by atoms with Gasteiger partial charge >= 0.3 is 0 Å². The van der Waals surface area contributed by atoms with Gasteiger partial charge < -0.3 is 14.8 Å². The third-order valence-corrected chi connectivity index (χ3v) is 8.16. The molecule has 7 heteroatoms. The molecule has 6 nitrogen and oxygen atoms in total. The monoisotopic (exact) mass is 543 g/mol. The van der Waals surface area contributed by atoms with Gasteiger partial charge in [0.2, 0.25) is 0 Å². The van der Waals surface area contributed by atoms with E-state index in [1.54, 1.807) is 43.5 Å². The zero-order chi connectivity index (χ0) is 27.8. The van der Waals surface area contributed by atoms with E-state index in [1.165, 1.54) is 7.11 Å². The van der Waals surface area contributed by atoms with Crippen molar-refractivity contribution < 1.29 is 22.7 Å². The first-order valence-electron chi connectivity index (χ1n) is 12.8. The first-order valence-corrected chi connectivity index (χ1v) is 14.4. The van der Waals surface area contributed by atoms with Gasteiger partial charge in [-0.3, -0.25) is 4.79 Å². The van der Waals surface area contributed by atoms with Crippen LogP contribution in [0.25, 0.3) is 11.1 Å². The Kier molecular flexibility index (Phi) is 9.04. The number of rotatable bonds is 11. The Balaban J connectivity index is 1.42. The van der Waals surface area contributed by atoms with Crippen LogP contribution in [0.1, 0.15) is 33.5 Å². The molecule has 0 aliphatic carbocycles. The van der Waals surface area contributed by atoms with Crippen molar-refractivity contribution in [1.29, 1.82) is 0 Å². The summed E-state index contributed by atoms with van der Waals surface area (Å²) in [4.78, 5) is 12.6. The standard InChI is InChI=1S/C32H33NO5S/c1-23-8-4-12-26(18-23)27-15-16-30(38-3)31(21-27)39(35,36)22-25-10-5-9-24(19-25)11-7-17-33-32(34)28-13-6-14-29(20-28)37-2/h4-6,8-10,12-16,18-21H,7,11,17,22H2,1-3H3,(H,33,34). The fourth-order valence-corrected chi connectivity index (χ4v) is 6.00. The second-order valence-electron chi connectivity index (χ2n) is 9.41. The quantitative estimate of drug-likeness (QED) is 0.234. The Morgan fingerprint density at radius 1 is 0.795 bits per heavy atom. The van der Waals surface area contributed by atoms with Gasteiger partial charge in [0.1, 0.15) is 16.4 Å². The lowest BCUT2D eigenvalue weighted by molar-refractivity contribution is 0.0953. The molecule has 0 saturated carbocycles. The Morgan fingerprint density at radius 3 is 2.31 bits per heavy atom. The molecule has 1 N–H and O–H groups in total. The lowest BCUT2D eigenvalue weighted by Crippen LogP contribution is -2.24. The first-order chi connectivity index (χ1) is 18.8. The summed E-state index contributed by atoms with van der Waals surface area (Å²) in [6.45, 7) is 2.51. The van der Waals surface area contributed by atoms with Crippen LogP contribution in [0, 0.1) is 6.92 Å². The molecule has 0 unspecified atom stereocenters. The largest absolute Gasteiger partial charge is 0.497 e. The number of benzene rings is 4. The zero-order valence-electron chi connectivity index (χ0n) is 22.4. The van der Waals surface area contributed by atoms with Gasteiger partial charge in [0, 0.05) is 12.1 Å². The van der Waals surface area contributed by atoms with Gasteiger partial charge in [-0.15, -0.1) is 0 Å². The van der Waals surface area contributed by atoms with Crippen LogP contribution >= 0.6 is 0 Å². The van der Waals surface area contributed by atoms with Crippen LogP contribution in [-0.2, 0) is 22.0 Å². The van der Waals surface area contributed by atoms with Crippen LogP contribution in [0.4, 0.5) is 0 Å². The van der Waals surface area contributed by atoms with Crippen molar-refractivity contribution in [3.8, 4) is 22.6 Å². The third kappa shape index (κ3) is 7.27. The summed E-state index contributed by atoms with van der Waals surface area (Å²) in [6.07, 6.45) is 1.43. The summed E-state index contributed by atoms with van der Waals surface area (Å²) in [5.74, 6) is 0.667. The molecule has 4 aromatic carbocycles. The highest BCUT2D eigenvalue weighted by atomic mass is 32.2. The summed E-state index contributed by atoms with van der Waals surface area (Å²) in [5.41, 5.74) is 5.14. The smallest absolute Gasteiger partial charge is 0.251 e. The predicted octanol–water partition coefficient (Wildman–Crippen LogP) is 6.02. The topological polar surface area (TPSA) is 81.7 Å². The number of carbonyl (C=O) groups excluding carboxylic acids is 1. The molecule has 0 spiro atoms. The van der Waals surface area contributed by atoms with Crippen molar-refractivity contribution in [3.05, 3.63) is 113 Å². The van der Waals surface area contributed by atoms with Crippen LogP contribution in [0.5, 0.6) is 11.5 Å². The zero-order valence-corrected chi connectivity index (χ0v) is 23.3. The molecule has 0 atom stereocenters. The average molecular weight is 544 g/mol. The molecule has 0 fully saturated rings. The second-order valence-corrected chi connectivity index (χ2v) is 11.4. The number of carbonyl (C=O) groups is 1. The van der Waals surface area contributed by atoms with Crippen LogP contribution < -0.4 is 14.8 Å². The number of hydrogen-bond donors (Lipinski definition) is 1. The molecule has 39 heavy (non-hydrogen) atoms. The van der Waals surface area contributed by atoms with Gasteiger partial charge in [0.05, 0.1) is 20.0 Å². The molecular weight excluding hydrogens is 510 g/mol. The molecule has 0 aromatic heterocycles. The summed E-state index contributed by atoms with van der Waals surface area (Å²) in [5, 5.41) is 2.93. The summed E-state index contributed by atoms with van der Waals surface area (Å²) in [6, 6.07) is 27.8. The number of sulfone groups is 1. The van der Waals surface area contributed by atoms with Gasteiger partial charge in [-0.1, -0.05) is 66.2 Å². The number of methoxy groups -OCH3 is 2. The van der Waals surface area contributed by atoms with Crippen LogP contribution in [0.15, 0.2) is 95.9 Å².